The largest absolute Gasteiger partial charge is 0.417 e. The van der Waals surface area contributed by atoms with Gasteiger partial charge in [-0.2, -0.15) is 17.5 Å². The van der Waals surface area contributed by atoms with E-state index in [4.69, 9.17) is 10.9 Å². The maximum atomic E-state index is 12.8. The molecule has 5 nitrogen and oxygen atoms in total. The predicted octanol–water partition coefficient (Wildman–Crippen LogP) is 2.80. The Kier molecular flexibility index (Phi) is 4.14. The van der Waals surface area contributed by atoms with Gasteiger partial charge >= 0.3 is 6.18 Å². The molecule has 0 spiro atoms. The third-order valence-corrected chi connectivity index (χ3v) is 3.93. The number of hydrogen-bond acceptors (Lipinski definition) is 6. The highest BCUT2D eigenvalue weighted by Gasteiger charge is 2.34. The summed E-state index contributed by atoms with van der Waals surface area (Å²) in [5.41, 5.74) is 3.96. The van der Waals surface area contributed by atoms with Crippen LogP contribution in [0.15, 0.2) is 38.9 Å². The molecule has 2 aromatic rings. The van der Waals surface area contributed by atoms with E-state index in [1.165, 1.54) is 18.5 Å². The Balaban J connectivity index is 2.43. The zero-order valence-corrected chi connectivity index (χ0v) is 11.3. The van der Waals surface area contributed by atoms with Gasteiger partial charge in [0.2, 0.25) is 0 Å². The van der Waals surface area contributed by atoms with E-state index in [0.29, 0.717) is 9.24 Å². The van der Waals surface area contributed by atoms with Crippen molar-refractivity contribution in [2.75, 3.05) is 0 Å². The lowest BCUT2D eigenvalue weighted by molar-refractivity contribution is -0.137. The first kappa shape index (κ1) is 14.6. The van der Waals surface area contributed by atoms with Crippen LogP contribution >= 0.6 is 23.3 Å². The van der Waals surface area contributed by atoms with E-state index in [-0.39, 0.29) is 5.56 Å². The van der Waals surface area contributed by atoms with Crippen molar-refractivity contribution in [2.24, 2.45) is 10.9 Å². The highest BCUT2D eigenvalue weighted by atomic mass is 32.2. The summed E-state index contributed by atoms with van der Waals surface area (Å²) >= 11 is 2.26. The molecule has 1 aromatic heterocycles. The van der Waals surface area contributed by atoms with Crippen molar-refractivity contribution in [1.29, 1.82) is 0 Å². The first-order valence-corrected chi connectivity index (χ1v) is 6.64. The first-order chi connectivity index (χ1) is 9.41. The molecule has 0 radical (unpaired) electrons. The summed E-state index contributed by atoms with van der Waals surface area (Å²) in [6.45, 7) is 0. The molecule has 106 valence electrons. The fourth-order valence-corrected chi connectivity index (χ4v) is 2.87. The predicted molar refractivity (Wildman–Crippen MR) is 68.0 cm³/mol. The number of alkyl halides is 3. The smallest absolute Gasteiger partial charge is 0.409 e. The average Bonchev–Trinajstić information content (AvgIpc) is 2.89. The molecule has 0 amide bonds. The Hall–Kier alpha value is -1.81. The van der Waals surface area contributed by atoms with Gasteiger partial charge in [0, 0.05) is 10.5 Å². The Morgan fingerprint density at radius 1 is 1.40 bits per heavy atom. The number of oxime groups is 1. The molecule has 0 unspecified atom stereocenters. The second-order valence-electron chi connectivity index (χ2n) is 3.50. The summed E-state index contributed by atoms with van der Waals surface area (Å²) in [6.07, 6.45) is -3.24. The van der Waals surface area contributed by atoms with Crippen molar-refractivity contribution >= 4 is 29.1 Å². The molecule has 20 heavy (non-hydrogen) atoms. The van der Waals surface area contributed by atoms with E-state index in [0.717, 1.165) is 29.4 Å². The zero-order valence-electron chi connectivity index (χ0n) is 9.63. The van der Waals surface area contributed by atoms with Crippen LogP contribution in [0.5, 0.6) is 0 Å². The molecular weight excluding hydrogens is 313 g/mol. The van der Waals surface area contributed by atoms with Gasteiger partial charge in [-0.05, 0) is 29.7 Å². The number of halogens is 3. The lowest BCUT2D eigenvalue weighted by atomic mass is 10.1. The van der Waals surface area contributed by atoms with Crippen LogP contribution in [0, 0.1) is 0 Å². The van der Waals surface area contributed by atoms with Gasteiger partial charge in [0.25, 0.3) is 0 Å². The van der Waals surface area contributed by atoms with Gasteiger partial charge < -0.3 is 10.9 Å². The van der Waals surface area contributed by atoms with Crippen LogP contribution in [0.2, 0.25) is 0 Å². The summed E-state index contributed by atoms with van der Waals surface area (Å²) in [6, 6.07) is 3.38. The quantitative estimate of drug-likeness (QED) is 0.393. The SMILES string of the molecule is N/C(=N/O)c1cc(Sc2ncns2)ccc1C(F)(F)F. The Morgan fingerprint density at radius 2 is 2.15 bits per heavy atom. The van der Waals surface area contributed by atoms with Crippen LogP contribution in [-0.2, 0) is 6.18 Å². The number of amidine groups is 1. The van der Waals surface area contributed by atoms with Gasteiger partial charge in [-0.25, -0.2) is 4.98 Å². The Labute approximate surface area is 119 Å². The van der Waals surface area contributed by atoms with Gasteiger partial charge in [-0.3, -0.25) is 0 Å². The van der Waals surface area contributed by atoms with Gasteiger partial charge in [0.1, 0.15) is 6.33 Å². The lowest BCUT2D eigenvalue weighted by Gasteiger charge is -2.12. The number of nitrogens with zero attached hydrogens (tertiary/aromatic N) is 3. The van der Waals surface area contributed by atoms with Gasteiger partial charge in [0.05, 0.1) is 5.56 Å². The monoisotopic (exact) mass is 320 g/mol. The number of rotatable bonds is 3. The van der Waals surface area contributed by atoms with E-state index in [1.54, 1.807) is 0 Å². The summed E-state index contributed by atoms with van der Waals surface area (Å²) in [5.74, 6) is -0.600. The fourth-order valence-electron chi connectivity index (χ4n) is 1.41. The number of aromatic nitrogens is 2. The van der Waals surface area contributed by atoms with E-state index in [1.807, 2.05) is 0 Å². The van der Waals surface area contributed by atoms with Gasteiger partial charge in [-0.15, -0.1) is 0 Å². The van der Waals surface area contributed by atoms with Crippen LogP contribution in [-0.4, -0.2) is 20.4 Å². The van der Waals surface area contributed by atoms with E-state index in [9.17, 15) is 13.2 Å². The molecule has 1 aromatic carbocycles. The van der Waals surface area contributed by atoms with Crippen molar-refractivity contribution in [3.63, 3.8) is 0 Å². The molecule has 0 saturated heterocycles. The van der Waals surface area contributed by atoms with E-state index >= 15 is 0 Å². The van der Waals surface area contributed by atoms with Crippen LogP contribution < -0.4 is 5.73 Å². The highest BCUT2D eigenvalue weighted by Crippen LogP contribution is 2.36. The topological polar surface area (TPSA) is 84.4 Å². The molecule has 0 atom stereocenters. The third kappa shape index (κ3) is 3.20. The lowest BCUT2D eigenvalue weighted by Crippen LogP contribution is -2.20. The molecule has 0 bridgehead atoms. The number of nitrogens with two attached hydrogens (primary N) is 1. The van der Waals surface area contributed by atoms with E-state index < -0.39 is 17.6 Å². The number of hydrogen-bond donors (Lipinski definition) is 2. The molecule has 0 aliphatic carbocycles. The average molecular weight is 320 g/mol. The summed E-state index contributed by atoms with van der Waals surface area (Å²) in [7, 11) is 0. The minimum absolute atomic E-state index is 0.380. The number of benzene rings is 1. The first-order valence-electron chi connectivity index (χ1n) is 5.05. The van der Waals surface area contributed by atoms with Crippen LogP contribution in [0.25, 0.3) is 0 Å². The minimum atomic E-state index is -4.59. The van der Waals surface area contributed by atoms with E-state index in [2.05, 4.69) is 14.5 Å². The molecule has 1 heterocycles. The molecule has 0 saturated carbocycles. The Morgan fingerprint density at radius 3 is 2.70 bits per heavy atom. The molecule has 0 aliphatic rings. The third-order valence-electron chi connectivity index (χ3n) is 2.23. The van der Waals surface area contributed by atoms with Crippen LogP contribution in [0.3, 0.4) is 0 Å². The Bertz CT molecular complexity index is 628. The van der Waals surface area contributed by atoms with Crippen molar-refractivity contribution in [3.8, 4) is 0 Å². The molecular formula is C10H7F3N4OS2. The fraction of sp³-hybridized carbons (Fsp3) is 0.100. The standard InChI is InChI=1S/C10H7F3N4OS2/c11-10(12,13)7-2-1-5(3-6(7)8(14)17-18)19-9-15-4-16-20-9/h1-4,18H,(H2,14,17). The second kappa shape index (κ2) is 5.67. The molecule has 10 heteroatoms. The zero-order chi connectivity index (χ0) is 14.8. The summed E-state index contributed by atoms with van der Waals surface area (Å²) < 4.78 is 42.9. The van der Waals surface area contributed by atoms with Crippen LogP contribution in [0.1, 0.15) is 11.1 Å². The van der Waals surface area contributed by atoms with Gasteiger partial charge in [0.15, 0.2) is 10.2 Å². The van der Waals surface area contributed by atoms with Crippen LogP contribution in [0.4, 0.5) is 13.2 Å². The molecule has 2 rings (SSSR count). The van der Waals surface area contributed by atoms with Crippen molar-refractivity contribution < 1.29 is 18.4 Å². The maximum absolute atomic E-state index is 12.8. The van der Waals surface area contributed by atoms with Gasteiger partial charge in [-0.1, -0.05) is 16.9 Å². The maximum Gasteiger partial charge on any atom is 0.417 e. The summed E-state index contributed by atoms with van der Waals surface area (Å²) in [5, 5.41) is 11.2. The second-order valence-corrected chi connectivity index (χ2v) is 5.60. The highest BCUT2D eigenvalue weighted by molar-refractivity contribution is 8.01. The summed E-state index contributed by atoms with van der Waals surface area (Å²) in [4.78, 5) is 4.40. The molecule has 0 aliphatic heterocycles. The van der Waals surface area contributed by atoms with Crippen molar-refractivity contribution in [3.05, 3.63) is 35.7 Å². The van der Waals surface area contributed by atoms with Crippen molar-refractivity contribution in [1.82, 2.24) is 9.36 Å². The molecule has 3 N–H and O–H groups in total. The van der Waals surface area contributed by atoms with Crippen molar-refractivity contribution in [2.45, 2.75) is 15.4 Å². The minimum Gasteiger partial charge on any atom is -0.409 e. The normalized spacial score (nSPS) is 12.7. The molecule has 0 fully saturated rings.